The van der Waals surface area contributed by atoms with Gasteiger partial charge in [-0.3, -0.25) is 9.59 Å². The lowest BCUT2D eigenvalue weighted by Gasteiger charge is -2.05. The fraction of sp³-hybridized carbons (Fsp3) is 0.375. The van der Waals surface area contributed by atoms with Crippen molar-refractivity contribution in [3.05, 3.63) is 5.56 Å². The van der Waals surface area contributed by atoms with E-state index in [0.717, 1.165) is 11.5 Å². The zero-order chi connectivity index (χ0) is 12.1. The maximum absolute atomic E-state index is 11.0. The molecule has 6 N–H and O–H groups in total. The molecule has 0 saturated carbocycles. The van der Waals surface area contributed by atoms with Crippen molar-refractivity contribution < 1.29 is 9.59 Å². The fourth-order valence-electron chi connectivity index (χ4n) is 1.08. The Bertz CT molecular complexity index is 403. The van der Waals surface area contributed by atoms with Gasteiger partial charge in [-0.05, 0) is 11.5 Å². The number of amides is 2. The minimum atomic E-state index is -0.617. The Kier molecular flexibility index (Phi) is 4.06. The number of anilines is 2. The lowest BCUT2D eigenvalue weighted by atomic mass is 10.3. The summed E-state index contributed by atoms with van der Waals surface area (Å²) in [6.07, 6.45) is 0. The van der Waals surface area contributed by atoms with Crippen LogP contribution in [0.4, 0.5) is 10.8 Å². The van der Waals surface area contributed by atoms with Gasteiger partial charge in [-0.15, -0.1) is 0 Å². The van der Waals surface area contributed by atoms with E-state index in [-0.39, 0.29) is 17.3 Å². The van der Waals surface area contributed by atoms with Crippen molar-refractivity contribution in [1.82, 2.24) is 9.69 Å². The molecule has 0 aliphatic carbocycles. The summed E-state index contributed by atoms with van der Waals surface area (Å²) < 4.78 is 3.82. The Labute approximate surface area is 96.4 Å². The summed E-state index contributed by atoms with van der Waals surface area (Å²) in [5, 5.41) is 6.06. The van der Waals surface area contributed by atoms with Crippen molar-refractivity contribution in [2.45, 2.75) is 6.92 Å². The molecule has 7 nitrogen and oxygen atoms in total. The highest BCUT2D eigenvalue weighted by Crippen LogP contribution is 2.25. The first kappa shape index (κ1) is 12.2. The first-order valence-electron chi connectivity index (χ1n) is 4.55. The lowest BCUT2D eigenvalue weighted by molar-refractivity contribution is -0.118. The quantitative estimate of drug-likeness (QED) is 0.513. The van der Waals surface area contributed by atoms with Crippen LogP contribution in [-0.4, -0.2) is 29.3 Å². The number of nitrogens with zero attached hydrogens (tertiary/aromatic N) is 1. The van der Waals surface area contributed by atoms with Gasteiger partial charge in [-0.2, -0.15) is 4.37 Å². The van der Waals surface area contributed by atoms with Crippen molar-refractivity contribution in [2.75, 3.05) is 24.1 Å². The smallest absolute Gasteiger partial charge is 0.255 e. The summed E-state index contributed by atoms with van der Waals surface area (Å²) in [4.78, 5) is 21.6. The SMILES string of the molecule is CC(=O)NCCNc1snc(N)c1C(N)=O. The summed E-state index contributed by atoms with van der Waals surface area (Å²) in [7, 11) is 0. The number of carbonyl (C=O) groups excluding carboxylic acids is 2. The van der Waals surface area contributed by atoms with Crippen molar-refractivity contribution in [3.63, 3.8) is 0 Å². The number of nitrogen functional groups attached to an aromatic ring is 1. The van der Waals surface area contributed by atoms with E-state index >= 15 is 0 Å². The third kappa shape index (κ3) is 3.09. The molecule has 1 heterocycles. The molecule has 1 aromatic rings. The minimum absolute atomic E-state index is 0.110. The highest BCUT2D eigenvalue weighted by molar-refractivity contribution is 7.11. The second-order valence-electron chi connectivity index (χ2n) is 3.05. The molecular formula is C8H13N5O2S. The number of nitrogens with two attached hydrogens (primary N) is 2. The van der Waals surface area contributed by atoms with E-state index in [2.05, 4.69) is 15.0 Å². The van der Waals surface area contributed by atoms with Gasteiger partial charge >= 0.3 is 0 Å². The molecule has 0 aromatic carbocycles. The number of primary amides is 1. The number of nitrogens with one attached hydrogen (secondary N) is 2. The molecule has 8 heteroatoms. The van der Waals surface area contributed by atoms with Gasteiger partial charge in [0.05, 0.1) is 0 Å². The van der Waals surface area contributed by atoms with Crippen molar-refractivity contribution >= 4 is 34.2 Å². The van der Waals surface area contributed by atoms with Crippen LogP contribution in [0.2, 0.25) is 0 Å². The molecule has 0 unspecified atom stereocenters. The summed E-state index contributed by atoms with van der Waals surface area (Å²) in [5.41, 5.74) is 10.8. The number of hydrogen-bond donors (Lipinski definition) is 4. The molecule has 0 aliphatic heterocycles. The predicted molar refractivity (Wildman–Crippen MR) is 62.2 cm³/mol. The third-order valence-electron chi connectivity index (χ3n) is 1.75. The average Bonchev–Trinajstić information content (AvgIpc) is 2.54. The maximum Gasteiger partial charge on any atom is 0.255 e. The standard InChI is InChI=1S/C8H13N5O2S/c1-4(14)11-2-3-12-8-5(7(10)15)6(9)13-16-8/h12H,2-3H2,1H3,(H2,9,13)(H2,10,15)(H,11,14). The van der Waals surface area contributed by atoms with Gasteiger partial charge in [0.2, 0.25) is 5.91 Å². The van der Waals surface area contributed by atoms with E-state index in [1.54, 1.807) is 0 Å². The van der Waals surface area contributed by atoms with E-state index in [1.807, 2.05) is 0 Å². The zero-order valence-corrected chi connectivity index (χ0v) is 9.56. The van der Waals surface area contributed by atoms with Crippen molar-refractivity contribution in [1.29, 1.82) is 0 Å². The van der Waals surface area contributed by atoms with Gasteiger partial charge in [0.1, 0.15) is 10.6 Å². The van der Waals surface area contributed by atoms with Crippen LogP contribution in [0.5, 0.6) is 0 Å². The molecule has 0 aliphatic rings. The Morgan fingerprint density at radius 2 is 2.12 bits per heavy atom. The molecule has 0 spiro atoms. The topological polar surface area (TPSA) is 123 Å². The van der Waals surface area contributed by atoms with Crippen LogP contribution in [0.3, 0.4) is 0 Å². The molecular weight excluding hydrogens is 230 g/mol. The van der Waals surface area contributed by atoms with Crippen molar-refractivity contribution in [3.8, 4) is 0 Å². The van der Waals surface area contributed by atoms with Crippen LogP contribution >= 0.6 is 11.5 Å². The van der Waals surface area contributed by atoms with E-state index in [9.17, 15) is 9.59 Å². The molecule has 88 valence electrons. The molecule has 16 heavy (non-hydrogen) atoms. The highest BCUT2D eigenvalue weighted by Gasteiger charge is 2.15. The molecule has 1 rings (SSSR count). The Balaban J connectivity index is 2.54. The Morgan fingerprint density at radius 3 is 2.69 bits per heavy atom. The third-order valence-corrected chi connectivity index (χ3v) is 2.57. The molecule has 0 fully saturated rings. The molecule has 2 amide bonds. The van der Waals surface area contributed by atoms with Gasteiger partial charge in [-0.25, -0.2) is 0 Å². The van der Waals surface area contributed by atoms with Crippen LogP contribution < -0.4 is 22.1 Å². The van der Waals surface area contributed by atoms with Crippen molar-refractivity contribution in [2.24, 2.45) is 5.73 Å². The monoisotopic (exact) mass is 243 g/mol. The second-order valence-corrected chi connectivity index (χ2v) is 3.82. The van der Waals surface area contributed by atoms with Crippen LogP contribution in [-0.2, 0) is 4.79 Å². The summed E-state index contributed by atoms with van der Waals surface area (Å²) in [6, 6.07) is 0. The predicted octanol–water partition coefficient (Wildman–Crippen LogP) is -0.628. The normalized spacial score (nSPS) is 9.81. The molecule has 0 atom stereocenters. The highest BCUT2D eigenvalue weighted by atomic mass is 32.1. The first-order chi connectivity index (χ1) is 7.52. The number of carbonyl (C=O) groups is 2. The number of rotatable bonds is 5. The molecule has 0 radical (unpaired) electrons. The fourth-order valence-corrected chi connectivity index (χ4v) is 1.82. The van der Waals surface area contributed by atoms with Crippen LogP contribution in [0.1, 0.15) is 17.3 Å². The van der Waals surface area contributed by atoms with Gasteiger partial charge in [-0.1, -0.05) is 0 Å². The molecule has 0 bridgehead atoms. The second kappa shape index (κ2) is 5.31. The molecule has 1 aromatic heterocycles. The van der Waals surface area contributed by atoms with E-state index in [1.165, 1.54) is 6.92 Å². The summed E-state index contributed by atoms with van der Waals surface area (Å²) in [6.45, 7) is 2.35. The van der Waals surface area contributed by atoms with E-state index in [4.69, 9.17) is 11.5 Å². The van der Waals surface area contributed by atoms with Crippen LogP contribution in [0.25, 0.3) is 0 Å². The first-order valence-corrected chi connectivity index (χ1v) is 5.33. The summed E-state index contributed by atoms with van der Waals surface area (Å²) >= 11 is 1.06. The van der Waals surface area contributed by atoms with Gasteiger partial charge in [0.15, 0.2) is 5.82 Å². The number of hydrogen-bond acceptors (Lipinski definition) is 6. The largest absolute Gasteiger partial charge is 0.382 e. The number of aromatic nitrogens is 1. The maximum atomic E-state index is 11.0. The summed E-state index contributed by atoms with van der Waals surface area (Å²) in [5.74, 6) is -0.603. The average molecular weight is 243 g/mol. The zero-order valence-electron chi connectivity index (χ0n) is 8.74. The van der Waals surface area contributed by atoms with Crippen LogP contribution in [0, 0.1) is 0 Å². The molecule has 0 saturated heterocycles. The lowest BCUT2D eigenvalue weighted by Crippen LogP contribution is -2.26. The minimum Gasteiger partial charge on any atom is -0.382 e. The Hall–Kier alpha value is -1.83. The van der Waals surface area contributed by atoms with Gasteiger partial charge < -0.3 is 22.1 Å². The van der Waals surface area contributed by atoms with Gasteiger partial charge in [0.25, 0.3) is 5.91 Å². The van der Waals surface area contributed by atoms with E-state index < -0.39 is 5.91 Å². The van der Waals surface area contributed by atoms with E-state index in [0.29, 0.717) is 18.1 Å². The van der Waals surface area contributed by atoms with Gasteiger partial charge in [0, 0.05) is 20.0 Å². The Morgan fingerprint density at radius 1 is 1.44 bits per heavy atom. The van der Waals surface area contributed by atoms with Crippen LogP contribution in [0.15, 0.2) is 0 Å².